The highest BCUT2D eigenvalue weighted by Crippen LogP contribution is 2.39. The lowest BCUT2D eigenvalue weighted by molar-refractivity contribution is -0.117. The van der Waals surface area contributed by atoms with Crippen molar-refractivity contribution < 1.29 is 19.1 Å². The molecule has 2 amide bonds. The fraction of sp³-hybridized carbons (Fsp3) is 0.480. The maximum Gasteiger partial charge on any atom is 0.407 e. The number of anilines is 2. The number of morpholine rings is 1. The number of carbonyl (C=O) groups is 2. The molecule has 176 valence electrons. The SMILES string of the molecule is CC(=O)N1c2ccc(-c3ccc(N4CCOCC4)nc3)cc2[C@@H](NC(=O)OC(C)C)C[C@H]1C. The van der Waals surface area contributed by atoms with Crippen LogP contribution in [0, 0.1) is 0 Å². The van der Waals surface area contributed by atoms with Gasteiger partial charge in [0.1, 0.15) is 5.82 Å². The molecule has 8 heteroatoms. The first-order chi connectivity index (χ1) is 15.8. The van der Waals surface area contributed by atoms with Gasteiger partial charge in [0.2, 0.25) is 5.91 Å². The molecule has 0 bridgehead atoms. The lowest BCUT2D eigenvalue weighted by Crippen LogP contribution is -2.45. The molecule has 2 aliphatic rings. The average molecular weight is 453 g/mol. The maximum absolute atomic E-state index is 12.4. The molecule has 1 aromatic carbocycles. The third-order valence-electron chi connectivity index (χ3n) is 6.07. The highest BCUT2D eigenvalue weighted by atomic mass is 16.6. The van der Waals surface area contributed by atoms with Gasteiger partial charge in [0.25, 0.3) is 0 Å². The second-order valence-corrected chi connectivity index (χ2v) is 8.90. The van der Waals surface area contributed by atoms with E-state index < -0.39 is 6.09 Å². The first kappa shape index (κ1) is 23.0. The van der Waals surface area contributed by atoms with Crippen LogP contribution >= 0.6 is 0 Å². The lowest BCUT2D eigenvalue weighted by atomic mass is 9.89. The Bertz CT molecular complexity index is 1000. The summed E-state index contributed by atoms with van der Waals surface area (Å²) in [5.41, 5.74) is 3.68. The number of ether oxygens (including phenoxy) is 2. The summed E-state index contributed by atoms with van der Waals surface area (Å²) in [4.78, 5) is 33.4. The quantitative estimate of drug-likeness (QED) is 0.757. The van der Waals surface area contributed by atoms with Crippen molar-refractivity contribution in [2.45, 2.75) is 52.3 Å². The number of amides is 2. The standard InChI is InChI=1S/C25H32N4O4/c1-16(2)33-25(31)27-22-13-17(3)29(18(4)30)23-7-5-19(14-21(22)23)20-6-8-24(26-15-20)28-9-11-32-12-10-28/h5-8,14-17,22H,9-13H2,1-4H3,(H,27,31)/t17-,22+/m1/s1. The number of alkyl carbamates (subject to hydrolysis) is 1. The molecule has 0 spiro atoms. The van der Waals surface area contributed by atoms with Crippen LogP contribution in [0.4, 0.5) is 16.3 Å². The summed E-state index contributed by atoms with van der Waals surface area (Å²) in [6, 6.07) is 9.80. The van der Waals surface area contributed by atoms with E-state index in [1.165, 1.54) is 0 Å². The number of rotatable bonds is 4. The van der Waals surface area contributed by atoms with E-state index in [1.807, 2.05) is 51.2 Å². The highest BCUT2D eigenvalue weighted by molar-refractivity contribution is 5.94. The van der Waals surface area contributed by atoms with E-state index in [0.717, 1.165) is 41.3 Å². The smallest absolute Gasteiger partial charge is 0.407 e. The summed E-state index contributed by atoms with van der Waals surface area (Å²) in [6.45, 7) is 10.3. The Labute approximate surface area is 194 Å². The van der Waals surface area contributed by atoms with E-state index in [1.54, 1.807) is 11.8 Å². The number of hydrogen-bond acceptors (Lipinski definition) is 6. The van der Waals surface area contributed by atoms with Gasteiger partial charge < -0.3 is 24.6 Å². The molecule has 2 aromatic rings. The summed E-state index contributed by atoms with van der Waals surface area (Å²) in [6.07, 6.45) is 1.82. The predicted octanol–water partition coefficient (Wildman–Crippen LogP) is 3.91. The Kier molecular flexibility index (Phi) is 6.83. The molecule has 2 atom stereocenters. The van der Waals surface area contributed by atoms with Gasteiger partial charge in [0.15, 0.2) is 0 Å². The molecule has 0 saturated carbocycles. The number of fused-ring (bicyclic) bond motifs is 1. The van der Waals surface area contributed by atoms with Crippen molar-refractivity contribution in [1.82, 2.24) is 10.3 Å². The van der Waals surface area contributed by atoms with E-state index >= 15 is 0 Å². The van der Waals surface area contributed by atoms with Crippen LogP contribution in [0.2, 0.25) is 0 Å². The molecular weight excluding hydrogens is 420 g/mol. The third kappa shape index (κ3) is 5.11. The molecule has 0 radical (unpaired) electrons. The van der Waals surface area contributed by atoms with E-state index in [2.05, 4.69) is 21.3 Å². The van der Waals surface area contributed by atoms with Crippen molar-refractivity contribution in [2.75, 3.05) is 36.1 Å². The second-order valence-electron chi connectivity index (χ2n) is 8.90. The van der Waals surface area contributed by atoms with Crippen LogP contribution in [0.25, 0.3) is 11.1 Å². The minimum atomic E-state index is -0.452. The van der Waals surface area contributed by atoms with Gasteiger partial charge in [-0.3, -0.25) is 4.79 Å². The zero-order chi connectivity index (χ0) is 23.5. The molecule has 0 aliphatic carbocycles. The van der Waals surface area contributed by atoms with E-state index in [9.17, 15) is 9.59 Å². The third-order valence-corrected chi connectivity index (χ3v) is 6.07. The molecule has 2 aliphatic heterocycles. The van der Waals surface area contributed by atoms with E-state index in [0.29, 0.717) is 19.6 Å². The molecule has 8 nitrogen and oxygen atoms in total. The number of carbonyl (C=O) groups excluding carboxylic acids is 2. The highest BCUT2D eigenvalue weighted by Gasteiger charge is 2.33. The zero-order valence-electron chi connectivity index (χ0n) is 19.7. The van der Waals surface area contributed by atoms with Gasteiger partial charge in [-0.15, -0.1) is 0 Å². The molecule has 0 unspecified atom stereocenters. The van der Waals surface area contributed by atoms with Crippen LogP contribution in [-0.2, 0) is 14.3 Å². The normalized spacial score (nSPS) is 20.4. The van der Waals surface area contributed by atoms with Crippen LogP contribution in [-0.4, -0.2) is 55.4 Å². The molecule has 1 aromatic heterocycles. The summed E-state index contributed by atoms with van der Waals surface area (Å²) in [5, 5.41) is 2.99. The van der Waals surface area contributed by atoms with Gasteiger partial charge >= 0.3 is 6.09 Å². The average Bonchev–Trinajstić information content (AvgIpc) is 2.79. The summed E-state index contributed by atoms with van der Waals surface area (Å²) in [5.74, 6) is 0.920. The Morgan fingerprint density at radius 2 is 1.88 bits per heavy atom. The first-order valence-corrected chi connectivity index (χ1v) is 11.5. The number of pyridine rings is 1. The van der Waals surface area contributed by atoms with Crippen LogP contribution < -0.4 is 15.1 Å². The topological polar surface area (TPSA) is 84.0 Å². The van der Waals surface area contributed by atoms with Gasteiger partial charge in [-0.2, -0.15) is 0 Å². The minimum absolute atomic E-state index is 0.0174. The second kappa shape index (κ2) is 9.79. The molecule has 3 heterocycles. The van der Waals surface area contributed by atoms with Crippen molar-refractivity contribution >= 4 is 23.5 Å². The number of hydrogen-bond donors (Lipinski definition) is 1. The Morgan fingerprint density at radius 1 is 1.15 bits per heavy atom. The summed E-state index contributed by atoms with van der Waals surface area (Å²) >= 11 is 0. The van der Waals surface area contributed by atoms with Gasteiger partial charge in [0.05, 0.1) is 25.4 Å². The van der Waals surface area contributed by atoms with Crippen molar-refractivity contribution in [3.63, 3.8) is 0 Å². The van der Waals surface area contributed by atoms with Crippen LogP contribution in [0.5, 0.6) is 0 Å². The number of aromatic nitrogens is 1. The molecule has 33 heavy (non-hydrogen) atoms. The van der Waals surface area contributed by atoms with Crippen molar-refractivity contribution in [1.29, 1.82) is 0 Å². The van der Waals surface area contributed by atoms with Gasteiger partial charge in [0, 0.05) is 43.5 Å². The number of nitrogens with one attached hydrogen (secondary N) is 1. The van der Waals surface area contributed by atoms with Gasteiger partial charge in [-0.05, 0) is 62.6 Å². The molecule has 1 saturated heterocycles. The monoisotopic (exact) mass is 452 g/mol. The number of nitrogens with zero attached hydrogens (tertiary/aromatic N) is 3. The molecule has 4 rings (SSSR count). The zero-order valence-corrected chi connectivity index (χ0v) is 19.7. The van der Waals surface area contributed by atoms with Crippen LogP contribution in [0.3, 0.4) is 0 Å². The summed E-state index contributed by atoms with van der Waals surface area (Å²) in [7, 11) is 0. The number of benzene rings is 1. The predicted molar refractivity (Wildman–Crippen MR) is 127 cm³/mol. The molecule has 1 N–H and O–H groups in total. The van der Waals surface area contributed by atoms with Crippen molar-refractivity contribution in [3.05, 3.63) is 42.1 Å². The molecule has 1 fully saturated rings. The molecular formula is C25H32N4O4. The largest absolute Gasteiger partial charge is 0.447 e. The van der Waals surface area contributed by atoms with Crippen LogP contribution in [0.1, 0.15) is 45.7 Å². The van der Waals surface area contributed by atoms with Crippen LogP contribution in [0.15, 0.2) is 36.5 Å². The Morgan fingerprint density at radius 3 is 2.52 bits per heavy atom. The lowest BCUT2D eigenvalue weighted by Gasteiger charge is -2.39. The van der Waals surface area contributed by atoms with Crippen molar-refractivity contribution in [3.8, 4) is 11.1 Å². The Hall–Kier alpha value is -3.13. The fourth-order valence-electron chi connectivity index (χ4n) is 4.59. The Balaban J connectivity index is 1.64. The van der Waals surface area contributed by atoms with E-state index in [4.69, 9.17) is 9.47 Å². The maximum atomic E-state index is 12.4. The van der Waals surface area contributed by atoms with Crippen molar-refractivity contribution in [2.24, 2.45) is 0 Å². The summed E-state index contributed by atoms with van der Waals surface area (Å²) < 4.78 is 10.7. The van der Waals surface area contributed by atoms with Gasteiger partial charge in [-0.1, -0.05) is 6.07 Å². The first-order valence-electron chi connectivity index (χ1n) is 11.5. The fourth-order valence-corrected chi connectivity index (χ4v) is 4.59. The minimum Gasteiger partial charge on any atom is -0.447 e. The van der Waals surface area contributed by atoms with Gasteiger partial charge in [-0.25, -0.2) is 9.78 Å². The van der Waals surface area contributed by atoms with E-state index in [-0.39, 0.29) is 24.1 Å².